The Kier molecular flexibility index (Phi) is 4.95. The lowest BCUT2D eigenvalue weighted by atomic mass is 9.76. The highest BCUT2D eigenvalue weighted by Gasteiger charge is 2.37. The molecule has 1 amide bonds. The molecule has 0 spiro atoms. The van der Waals surface area contributed by atoms with Crippen molar-refractivity contribution in [1.29, 1.82) is 0 Å². The normalized spacial score (nSPS) is 18.9. The van der Waals surface area contributed by atoms with Gasteiger partial charge in [0.2, 0.25) is 5.91 Å². The van der Waals surface area contributed by atoms with E-state index in [1.165, 1.54) is 0 Å². The predicted molar refractivity (Wildman–Crippen MR) is 82.7 cm³/mol. The summed E-state index contributed by atoms with van der Waals surface area (Å²) in [6.45, 7) is 0. The molecule has 3 nitrogen and oxygen atoms in total. The summed E-state index contributed by atoms with van der Waals surface area (Å²) in [5.41, 5.74) is 12.5. The molecule has 0 aliphatic heterocycles. The van der Waals surface area contributed by atoms with Crippen molar-refractivity contribution in [2.75, 3.05) is 0 Å². The molecule has 1 aliphatic rings. The fourth-order valence-electron chi connectivity index (χ4n) is 3.32. The third-order valence-electron chi connectivity index (χ3n) is 4.22. The van der Waals surface area contributed by atoms with Gasteiger partial charge in [-0.3, -0.25) is 4.79 Å². The zero-order chi connectivity index (χ0) is 14.8. The zero-order valence-electron chi connectivity index (χ0n) is 11.4. The van der Waals surface area contributed by atoms with Crippen LogP contribution in [0.25, 0.3) is 0 Å². The van der Waals surface area contributed by atoms with E-state index in [9.17, 15) is 4.79 Å². The molecule has 1 unspecified atom stereocenters. The first-order chi connectivity index (χ1) is 9.42. The molecule has 1 atom stereocenters. The maximum Gasteiger partial charge on any atom is 0.217 e. The molecule has 1 aromatic carbocycles. The highest BCUT2D eigenvalue weighted by molar-refractivity contribution is 6.33. The molecule has 0 bridgehead atoms. The first-order valence-electron chi connectivity index (χ1n) is 6.91. The number of hydrogen-bond acceptors (Lipinski definition) is 2. The maximum absolute atomic E-state index is 11.3. The van der Waals surface area contributed by atoms with Gasteiger partial charge >= 0.3 is 0 Å². The van der Waals surface area contributed by atoms with Gasteiger partial charge in [0.25, 0.3) is 0 Å². The second kappa shape index (κ2) is 6.33. The Morgan fingerprint density at radius 2 is 1.95 bits per heavy atom. The summed E-state index contributed by atoms with van der Waals surface area (Å²) in [5.74, 6) is -0.253. The van der Waals surface area contributed by atoms with Crippen molar-refractivity contribution < 1.29 is 4.79 Å². The lowest BCUT2D eigenvalue weighted by molar-refractivity contribution is -0.120. The van der Waals surface area contributed by atoms with Gasteiger partial charge in [0.1, 0.15) is 0 Å². The van der Waals surface area contributed by atoms with Crippen LogP contribution in [-0.2, 0) is 4.79 Å². The first kappa shape index (κ1) is 15.6. The van der Waals surface area contributed by atoms with Gasteiger partial charge in [-0.25, -0.2) is 0 Å². The minimum absolute atomic E-state index is 0.0725. The number of benzene rings is 1. The van der Waals surface area contributed by atoms with Crippen molar-refractivity contribution in [3.63, 3.8) is 0 Å². The van der Waals surface area contributed by atoms with E-state index < -0.39 is 0 Å². The van der Waals surface area contributed by atoms with Crippen LogP contribution in [0, 0.1) is 5.41 Å². The second-order valence-corrected chi connectivity index (χ2v) is 6.67. The molecule has 0 heterocycles. The van der Waals surface area contributed by atoms with Crippen LogP contribution in [0.5, 0.6) is 0 Å². The molecule has 0 saturated heterocycles. The smallest absolute Gasteiger partial charge is 0.217 e. The van der Waals surface area contributed by atoms with E-state index in [4.69, 9.17) is 34.7 Å². The summed E-state index contributed by atoms with van der Waals surface area (Å²) in [5, 5.41) is 1.24. The summed E-state index contributed by atoms with van der Waals surface area (Å²) < 4.78 is 0. The van der Waals surface area contributed by atoms with E-state index >= 15 is 0 Å². The van der Waals surface area contributed by atoms with Gasteiger partial charge in [0.05, 0.1) is 0 Å². The van der Waals surface area contributed by atoms with Crippen molar-refractivity contribution in [1.82, 2.24) is 0 Å². The minimum atomic E-state index is -0.253. The Morgan fingerprint density at radius 3 is 2.55 bits per heavy atom. The summed E-state index contributed by atoms with van der Waals surface area (Å²) in [6.07, 6.45) is 5.38. The second-order valence-electron chi connectivity index (χ2n) is 5.83. The Labute approximate surface area is 129 Å². The lowest BCUT2D eigenvalue weighted by Crippen LogP contribution is -2.29. The molecular weight excluding hydrogens is 295 g/mol. The average molecular weight is 315 g/mol. The molecule has 0 aromatic heterocycles. The van der Waals surface area contributed by atoms with Crippen LogP contribution in [0.4, 0.5) is 0 Å². The predicted octanol–water partition coefficient (Wildman–Crippen LogP) is 3.82. The molecule has 110 valence electrons. The Balaban J connectivity index is 2.18. The zero-order valence-corrected chi connectivity index (χ0v) is 12.9. The van der Waals surface area contributed by atoms with Gasteiger partial charge in [-0.05, 0) is 48.4 Å². The Hall–Kier alpha value is -0.770. The van der Waals surface area contributed by atoms with Gasteiger partial charge < -0.3 is 11.5 Å². The average Bonchev–Trinajstić information content (AvgIpc) is 2.79. The highest BCUT2D eigenvalue weighted by Crippen LogP contribution is 2.47. The van der Waals surface area contributed by atoms with Crippen LogP contribution in [0.15, 0.2) is 18.2 Å². The molecule has 20 heavy (non-hydrogen) atoms. The highest BCUT2D eigenvalue weighted by atomic mass is 35.5. The van der Waals surface area contributed by atoms with E-state index in [1.807, 2.05) is 6.07 Å². The van der Waals surface area contributed by atoms with Crippen molar-refractivity contribution >= 4 is 29.1 Å². The number of hydrogen-bond donors (Lipinski definition) is 2. The fourth-order valence-corrected chi connectivity index (χ4v) is 3.76. The quantitative estimate of drug-likeness (QED) is 0.867. The maximum atomic E-state index is 11.3. The SMILES string of the molecule is NC(=O)CC1(CC(N)c2cc(Cl)ccc2Cl)CCCC1. The van der Waals surface area contributed by atoms with Gasteiger partial charge in [-0.15, -0.1) is 0 Å². The molecular formula is C15H20Cl2N2O. The number of amides is 1. The number of halogens is 2. The third-order valence-corrected chi connectivity index (χ3v) is 4.80. The summed E-state index contributed by atoms with van der Waals surface area (Å²) >= 11 is 12.2. The molecule has 4 N–H and O–H groups in total. The molecule has 1 fully saturated rings. The minimum Gasteiger partial charge on any atom is -0.370 e. The van der Waals surface area contributed by atoms with Gasteiger partial charge in [0.15, 0.2) is 0 Å². The summed E-state index contributed by atoms with van der Waals surface area (Å²) in [6, 6.07) is 5.09. The van der Waals surface area contributed by atoms with Crippen LogP contribution in [0.3, 0.4) is 0 Å². The molecule has 2 rings (SSSR count). The number of nitrogens with two attached hydrogens (primary N) is 2. The number of carbonyl (C=O) groups is 1. The summed E-state index contributed by atoms with van der Waals surface area (Å²) in [7, 11) is 0. The Bertz CT molecular complexity index is 499. The monoisotopic (exact) mass is 314 g/mol. The van der Waals surface area contributed by atoms with E-state index in [0.29, 0.717) is 16.5 Å². The molecule has 1 aromatic rings. The van der Waals surface area contributed by atoms with Crippen LogP contribution in [0.1, 0.15) is 50.1 Å². The van der Waals surface area contributed by atoms with Crippen LogP contribution in [-0.4, -0.2) is 5.91 Å². The fraction of sp³-hybridized carbons (Fsp3) is 0.533. The van der Waals surface area contributed by atoms with E-state index in [0.717, 1.165) is 37.7 Å². The lowest BCUT2D eigenvalue weighted by Gasteiger charge is -2.31. The van der Waals surface area contributed by atoms with E-state index in [1.54, 1.807) is 12.1 Å². The Morgan fingerprint density at radius 1 is 1.30 bits per heavy atom. The van der Waals surface area contributed by atoms with Crippen molar-refractivity contribution in [2.24, 2.45) is 16.9 Å². The van der Waals surface area contributed by atoms with E-state index in [2.05, 4.69) is 0 Å². The largest absolute Gasteiger partial charge is 0.370 e. The van der Waals surface area contributed by atoms with Gasteiger partial charge in [-0.1, -0.05) is 36.0 Å². The first-order valence-corrected chi connectivity index (χ1v) is 7.66. The van der Waals surface area contributed by atoms with Crippen LogP contribution >= 0.6 is 23.2 Å². The van der Waals surface area contributed by atoms with Gasteiger partial charge in [-0.2, -0.15) is 0 Å². The van der Waals surface area contributed by atoms with Crippen molar-refractivity contribution in [3.05, 3.63) is 33.8 Å². The van der Waals surface area contributed by atoms with Crippen LogP contribution in [0.2, 0.25) is 10.0 Å². The van der Waals surface area contributed by atoms with Crippen LogP contribution < -0.4 is 11.5 Å². The third kappa shape index (κ3) is 3.66. The van der Waals surface area contributed by atoms with E-state index in [-0.39, 0.29) is 17.4 Å². The molecule has 0 radical (unpaired) electrons. The topological polar surface area (TPSA) is 69.1 Å². The summed E-state index contributed by atoms with van der Waals surface area (Å²) in [4.78, 5) is 11.3. The number of primary amides is 1. The standard InChI is InChI=1S/C15H20Cl2N2O/c16-10-3-4-12(17)11(7-10)13(18)8-15(9-14(19)20)5-1-2-6-15/h3-4,7,13H,1-2,5-6,8-9,18H2,(H2,19,20). The molecule has 5 heteroatoms. The number of rotatable bonds is 5. The molecule has 1 aliphatic carbocycles. The van der Waals surface area contributed by atoms with Crippen molar-refractivity contribution in [3.8, 4) is 0 Å². The molecule has 1 saturated carbocycles. The number of carbonyl (C=O) groups excluding carboxylic acids is 1. The van der Waals surface area contributed by atoms with Crippen molar-refractivity contribution in [2.45, 2.75) is 44.6 Å². The van der Waals surface area contributed by atoms with Gasteiger partial charge in [0, 0.05) is 22.5 Å².